The number of benzene rings is 2. The van der Waals surface area contributed by atoms with E-state index in [1.54, 1.807) is 12.4 Å². The van der Waals surface area contributed by atoms with Crippen LogP contribution in [0.1, 0.15) is 11.5 Å². The van der Waals surface area contributed by atoms with E-state index in [9.17, 15) is 4.79 Å². The molecule has 3 N–H and O–H groups in total. The van der Waals surface area contributed by atoms with Gasteiger partial charge >= 0.3 is 0 Å². The van der Waals surface area contributed by atoms with Crippen molar-refractivity contribution in [2.75, 3.05) is 23.7 Å². The molecule has 1 fully saturated rings. The predicted octanol–water partition coefficient (Wildman–Crippen LogP) is 4.61. The Morgan fingerprint density at radius 1 is 0.897 bits per heavy atom. The molecule has 3 aromatic rings. The first-order valence-electron chi connectivity index (χ1n) is 9.13. The van der Waals surface area contributed by atoms with Crippen LogP contribution < -0.4 is 16.0 Å². The third kappa shape index (κ3) is 5.70. The zero-order valence-corrected chi connectivity index (χ0v) is 17.4. The third-order valence-corrected chi connectivity index (χ3v) is 4.86. The van der Waals surface area contributed by atoms with Crippen LogP contribution in [0.25, 0.3) is 0 Å². The highest BCUT2D eigenvalue weighted by atomic mass is 35.5. The van der Waals surface area contributed by atoms with E-state index in [0.29, 0.717) is 6.54 Å². The summed E-state index contributed by atoms with van der Waals surface area (Å²) >= 11 is 0. The number of pyridine rings is 1. The van der Waals surface area contributed by atoms with Crippen LogP contribution in [-0.2, 0) is 4.79 Å². The van der Waals surface area contributed by atoms with Gasteiger partial charge in [-0.2, -0.15) is 0 Å². The zero-order valence-electron chi connectivity index (χ0n) is 15.7. The molecule has 0 radical (unpaired) electrons. The Morgan fingerprint density at radius 3 is 2.41 bits per heavy atom. The molecule has 0 bridgehead atoms. The second-order valence-corrected chi connectivity index (χ2v) is 6.72. The summed E-state index contributed by atoms with van der Waals surface area (Å²) in [6, 6.07) is 21.8. The molecule has 29 heavy (non-hydrogen) atoms. The minimum Gasteiger partial charge on any atom is -0.354 e. The van der Waals surface area contributed by atoms with Gasteiger partial charge in [-0.25, -0.2) is 0 Å². The summed E-state index contributed by atoms with van der Waals surface area (Å²) in [5.41, 5.74) is 3.80. The smallest absolute Gasteiger partial charge is 0.229 e. The number of anilines is 3. The summed E-state index contributed by atoms with van der Waals surface area (Å²) in [5, 5.41) is 9.72. The Morgan fingerprint density at radius 2 is 1.66 bits per heavy atom. The SMILES string of the molecule is Cl.Cl.O=C(Nc1cccc(Nc2cccnc2)c1)C1CNCC1c1ccccc1. The van der Waals surface area contributed by atoms with Gasteiger partial charge in [0.2, 0.25) is 5.91 Å². The number of halogens is 2. The van der Waals surface area contributed by atoms with Gasteiger partial charge in [0, 0.05) is 36.6 Å². The van der Waals surface area contributed by atoms with E-state index in [1.807, 2.05) is 54.6 Å². The summed E-state index contributed by atoms with van der Waals surface area (Å²) < 4.78 is 0. The lowest BCUT2D eigenvalue weighted by Gasteiger charge is -2.19. The molecule has 7 heteroatoms. The van der Waals surface area contributed by atoms with Crippen molar-refractivity contribution >= 4 is 47.8 Å². The molecule has 5 nitrogen and oxygen atoms in total. The Hall–Kier alpha value is -2.60. The van der Waals surface area contributed by atoms with Gasteiger partial charge in [-0.15, -0.1) is 24.8 Å². The van der Waals surface area contributed by atoms with E-state index in [-0.39, 0.29) is 42.6 Å². The summed E-state index contributed by atoms with van der Waals surface area (Å²) in [7, 11) is 0. The quantitative estimate of drug-likeness (QED) is 0.552. The van der Waals surface area contributed by atoms with E-state index in [1.165, 1.54) is 5.56 Å². The fourth-order valence-corrected chi connectivity index (χ4v) is 3.52. The van der Waals surface area contributed by atoms with Crippen LogP contribution in [0.2, 0.25) is 0 Å². The Balaban J connectivity index is 0.00000150. The lowest BCUT2D eigenvalue weighted by Crippen LogP contribution is -2.28. The van der Waals surface area contributed by atoms with Gasteiger partial charge in [0.25, 0.3) is 0 Å². The van der Waals surface area contributed by atoms with Crippen molar-refractivity contribution in [1.29, 1.82) is 0 Å². The minimum atomic E-state index is -0.0812. The first-order valence-corrected chi connectivity index (χ1v) is 9.13. The molecule has 2 atom stereocenters. The Kier molecular flexibility index (Phi) is 8.46. The number of aromatic nitrogens is 1. The molecule has 2 heterocycles. The molecule has 2 aromatic carbocycles. The molecular weight excluding hydrogens is 407 g/mol. The highest BCUT2D eigenvalue weighted by Crippen LogP contribution is 2.29. The molecule has 0 aliphatic carbocycles. The standard InChI is InChI=1S/C22H22N4O.2ClH/c27-22(21-15-24-14-20(21)16-6-2-1-3-7-16)26-18-9-4-8-17(12-18)25-19-10-5-11-23-13-19;;/h1-13,20-21,24-25H,14-15H2,(H,26,27);2*1H. The van der Waals surface area contributed by atoms with E-state index < -0.39 is 0 Å². The van der Waals surface area contributed by atoms with E-state index in [4.69, 9.17) is 0 Å². The number of hydrogen-bond acceptors (Lipinski definition) is 4. The highest BCUT2D eigenvalue weighted by molar-refractivity contribution is 5.94. The average Bonchev–Trinajstić information content (AvgIpc) is 3.20. The van der Waals surface area contributed by atoms with Crippen LogP contribution in [-0.4, -0.2) is 24.0 Å². The maximum Gasteiger partial charge on any atom is 0.229 e. The molecule has 1 saturated heterocycles. The van der Waals surface area contributed by atoms with Crippen molar-refractivity contribution in [1.82, 2.24) is 10.3 Å². The molecular formula is C22H24Cl2N4O. The summed E-state index contributed by atoms with van der Waals surface area (Å²) in [6.07, 6.45) is 3.50. The van der Waals surface area contributed by atoms with Crippen molar-refractivity contribution in [2.24, 2.45) is 5.92 Å². The normalized spacial score (nSPS) is 17.5. The van der Waals surface area contributed by atoms with Crippen molar-refractivity contribution in [3.05, 3.63) is 84.7 Å². The van der Waals surface area contributed by atoms with E-state index >= 15 is 0 Å². The van der Waals surface area contributed by atoms with Crippen molar-refractivity contribution in [3.63, 3.8) is 0 Å². The van der Waals surface area contributed by atoms with Crippen LogP contribution in [0.5, 0.6) is 0 Å². The summed E-state index contributed by atoms with van der Waals surface area (Å²) in [6.45, 7) is 1.52. The van der Waals surface area contributed by atoms with Gasteiger partial charge in [0.15, 0.2) is 0 Å². The number of amides is 1. The van der Waals surface area contributed by atoms with Crippen LogP contribution in [0.3, 0.4) is 0 Å². The summed E-state index contributed by atoms with van der Waals surface area (Å²) in [5.74, 6) is 0.164. The van der Waals surface area contributed by atoms with Crippen molar-refractivity contribution in [2.45, 2.75) is 5.92 Å². The Labute approximate surface area is 183 Å². The molecule has 1 aromatic heterocycles. The number of carbonyl (C=O) groups excluding carboxylic acids is 1. The zero-order chi connectivity index (χ0) is 18.5. The minimum absolute atomic E-state index is 0. The number of carbonyl (C=O) groups is 1. The van der Waals surface area contributed by atoms with Crippen LogP contribution in [0.4, 0.5) is 17.1 Å². The lowest BCUT2D eigenvalue weighted by atomic mass is 9.88. The molecule has 1 aliphatic rings. The van der Waals surface area contributed by atoms with Gasteiger partial charge in [0.05, 0.1) is 17.8 Å². The number of rotatable bonds is 5. The molecule has 152 valence electrons. The molecule has 2 unspecified atom stereocenters. The molecule has 1 aliphatic heterocycles. The number of hydrogen-bond donors (Lipinski definition) is 3. The molecule has 0 spiro atoms. The van der Waals surface area contributed by atoms with Gasteiger partial charge < -0.3 is 16.0 Å². The number of nitrogens with zero attached hydrogens (tertiary/aromatic N) is 1. The van der Waals surface area contributed by atoms with Gasteiger partial charge in [-0.1, -0.05) is 36.4 Å². The summed E-state index contributed by atoms with van der Waals surface area (Å²) in [4.78, 5) is 17.0. The molecule has 0 saturated carbocycles. The second-order valence-electron chi connectivity index (χ2n) is 6.72. The fraction of sp³-hybridized carbons (Fsp3) is 0.182. The average molecular weight is 431 g/mol. The second kappa shape index (κ2) is 10.8. The van der Waals surface area contributed by atoms with Crippen LogP contribution in [0.15, 0.2) is 79.1 Å². The van der Waals surface area contributed by atoms with Gasteiger partial charge in [-0.05, 0) is 35.9 Å². The number of nitrogens with one attached hydrogen (secondary N) is 3. The van der Waals surface area contributed by atoms with E-state index in [2.05, 4.69) is 33.1 Å². The highest BCUT2D eigenvalue weighted by Gasteiger charge is 2.33. The fourth-order valence-electron chi connectivity index (χ4n) is 3.52. The first kappa shape index (κ1) is 22.7. The van der Waals surface area contributed by atoms with E-state index in [0.717, 1.165) is 23.6 Å². The predicted molar refractivity (Wildman–Crippen MR) is 123 cm³/mol. The lowest BCUT2D eigenvalue weighted by molar-refractivity contribution is -0.119. The van der Waals surface area contributed by atoms with Crippen LogP contribution in [0, 0.1) is 5.92 Å². The maximum atomic E-state index is 12.9. The molecule has 4 rings (SSSR count). The monoisotopic (exact) mass is 430 g/mol. The van der Waals surface area contributed by atoms with Crippen molar-refractivity contribution in [3.8, 4) is 0 Å². The Bertz CT molecular complexity index is 909. The maximum absolute atomic E-state index is 12.9. The van der Waals surface area contributed by atoms with Gasteiger partial charge in [0.1, 0.15) is 0 Å². The third-order valence-electron chi connectivity index (χ3n) is 4.86. The topological polar surface area (TPSA) is 66.0 Å². The molecule has 1 amide bonds. The van der Waals surface area contributed by atoms with Gasteiger partial charge in [-0.3, -0.25) is 9.78 Å². The van der Waals surface area contributed by atoms with Crippen molar-refractivity contribution < 1.29 is 4.79 Å². The largest absolute Gasteiger partial charge is 0.354 e. The van der Waals surface area contributed by atoms with Crippen LogP contribution >= 0.6 is 24.8 Å². The first-order chi connectivity index (χ1) is 13.3.